The predicted molar refractivity (Wildman–Crippen MR) is 80.8 cm³/mol. The summed E-state index contributed by atoms with van der Waals surface area (Å²) in [5.74, 6) is 1.52. The van der Waals surface area contributed by atoms with Crippen LogP contribution < -0.4 is 10.6 Å². The van der Waals surface area contributed by atoms with E-state index in [9.17, 15) is 0 Å². The molecule has 3 rings (SSSR count). The van der Waals surface area contributed by atoms with Crippen molar-refractivity contribution in [3.05, 3.63) is 49.1 Å². The van der Waals surface area contributed by atoms with Crippen LogP contribution in [0, 0.1) is 0 Å². The Labute approximate surface area is 122 Å². The molecule has 3 aromatic rings. The van der Waals surface area contributed by atoms with Gasteiger partial charge >= 0.3 is 0 Å². The highest BCUT2D eigenvalue weighted by Crippen LogP contribution is 2.14. The third-order valence-corrected chi connectivity index (χ3v) is 2.72. The van der Waals surface area contributed by atoms with Crippen molar-refractivity contribution in [1.82, 2.24) is 24.5 Å². The summed E-state index contributed by atoms with van der Waals surface area (Å²) >= 11 is 0. The van der Waals surface area contributed by atoms with Gasteiger partial charge in [-0.2, -0.15) is 15.0 Å². The van der Waals surface area contributed by atoms with Crippen LogP contribution in [0.15, 0.2) is 49.1 Å². The molecule has 106 valence electrons. The van der Waals surface area contributed by atoms with Gasteiger partial charge in [0.1, 0.15) is 6.33 Å². The molecule has 2 heterocycles. The van der Waals surface area contributed by atoms with Crippen LogP contribution in [0.2, 0.25) is 0 Å². The molecule has 0 aliphatic rings. The van der Waals surface area contributed by atoms with Crippen LogP contribution in [0.4, 0.5) is 17.6 Å². The van der Waals surface area contributed by atoms with Crippen molar-refractivity contribution in [3.63, 3.8) is 0 Å². The molecule has 1 aromatic carbocycles. The van der Waals surface area contributed by atoms with Gasteiger partial charge in [0.05, 0.1) is 0 Å². The van der Waals surface area contributed by atoms with E-state index in [0.29, 0.717) is 17.8 Å². The predicted octanol–water partition coefficient (Wildman–Crippen LogP) is 2.23. The Bertz CT molecular complexity index is 695. The van der Waals surface area contributed by atoms with Gasteiger partial charge < -0.3 is 10.6 Å². The highest BCUT2D eigenvalue weighted by atomic mass is 15.3. The summed E-state index contributed by atoms with van der Waals surface area (Å²) in [4.78, 5) is 17.1. The van der Waals surface area contributed by atoms with E-state index in [4.69, 9.17) is 0 Å². The fraction of sp³-hybridized carbons (Fsp3) is 0.143. The van der Waals surface area contributed by atoms with Crippen molar-refractivity contribution in [1.29, 1.82) is 0 Å². The molecule has 0 bridgehead atoms. The van der Waals surface area contributed by atoms with Gasteiger partial charge in [-0.1, -0.05) is 18.2 Å². The van der Waals surface area contributed by atoms with Gasteiger partial charge in [0.15, 0.2) is 0 Å². The number of nitrogens with zero attached hydrogens (tertiary/aromatic N) is 5. The van der Waals surface area contributed by atoms with Crippen molar-refractivity contribution in [3.8, 4) is 5.95 Å². The monoisotopic (exact) mass is 281 g/mol. The highest BCUT2D eigenvalue weighted by Gasteiger charge is 2.07. The average Bonchev–Trinajstić information content (AvgIpc) is 3.03. The van der Waals surface area contributed by atoms with E-state index in [1.54, 1.807) is 23.3 Å². The molecule has 0 spiro atoms. The first kappa shape index (κ1) is 13.0. The first-order chi connectivity index (χ1) is 10.3. The van der Waals surface area contributed by atoms with Crippen molar-refractivity contribution in [2.45, 2.75) is 6.92 Å². The van der Waals surface area contributed by atoms with Gasteiger partial charge in [-0.05, 0) is 19.1 Å². The van der Waals surface area contributed by atoms with Gasteiger partial charge in [0.25, 0.3) is 0 Å². The Morgan fingerprint density at radius 3 is 2.57 bits per heavy atom. The molecule has 0 aliphatic heterocycles. The Kier molecular flexibility index (Phi) is 3.72. The Balaban J connectivity index is 1.95. The second kappa shape index (κ2) is 6.00. The SMILES string of the molecule is CCNc1nc(Nc2ccccc2)nc(-n2ccnc2)n1. The molecule has 21 heavy (non-hydrogen) atoms. The van der Waals surface area contributed by atoms with Crippen LogP contribution in [0.5, 0.6) is 0 Å². The van der Waals surface area contributed by atoms with Gasteiger partial charge in [-0.3, -0.25) is 4.57 Å². The molecule has 0 amide bonds. The molecule has 7 heteroatoms. The first-order valence-corrected chi connectivity index (χ1v) is 6.65. The van der Waals surface area contributed by atoms with Crippen LogP contribution in [0.25, 0.3) is 5.95 Å². The first-order valence-electron chi connectivity index (χ1n) is 6.65. The van der Waals surface area contributed by atoms with Crippen LogP contribution in [0.1, 0.15) is 6.92 Å². The number of hydrogen-bond donors (Lipinski definition) is 2. The molecule has 0 aliphatic carbocycles. The van der Waals surface area contributed by atoms with Crippen molar-refractivity contribution in [2.75, 3.05) is 17.2 Å². The van der Waals surface area contributed by atoms with Crippen LogP contribution in [0.3, 0.4) is 0 Å². The summed E-state index contributed by atoms with van der Waals surface area (Å²) in [5.41, 5.74) is 0.919. The maximum Gasteiger partial charge on any atom is 0.241 e. The van der Waals surface area contributed by atoms with Crippen LogP contribution in [-0.2, 0) is 0 Å². The van der Waals surface area contributed by atoms with Crippen LogP contribution in [-0.4, -0.2) is 31.0 Å². The molecule has 0 saturated carbocycles. The minimum Gasteiger partial charge on any atom is -0.354 e. The lowest BCUT2D eigenvalue weighted by Gasteiger charge is -2.09. The summed E-state index contributed by atoms with van der Waals surface area (Å²) in [6.45, 7) is 2.73. The third kappa shape index (κ3) is 3.14. The van der Waals surface area contributed by atoms with Crippen LogP contribution >= 0.6 is 0 Å². The fourth-order valence-corrected chi connectivity index (χ4v) is 1.80. The maximum atomic E-state index is 4.40. The summed E-state index contributed by atoms with van der Waals surface area (Å²) < 4.78 is 1.73. The molecular formula is C14H15N7. The molecule has 0 saturated heterocycles. The van der Waals surface area contributed by atoms with E-state index in [2.05, 4.69) is 30.6 Å². The van der Waals surface area contributed by atoms with Gasteiger partial charge in [-0.15, -0.1) is 0 Å². The molecule has 0 unspecified atom stereocenters. The molecule has 0 fully saturated rings. The lowest BCUT2D eigenvalue weighted by atomic mass is 10.3. The van der Waals surface area contributed by atoms with Crippen molar-refractivity contribution < 1.29 is 0 Å². The van der Waals surface area contributed by atoms with Crippen molar-refractivity contribution >= 4 is 17.6 Å². The number of aromatic nitrogens is 5. The molecular weight excluding hydrogens is 266 g/mol. The van der Waals surface area contributed by atoms with E-state index in [1.165, 1.54) is 0 Å². The van der Waals surface area contributed by atoms with Gasteiger partial charge in [0.2, 0.25) is 17.8 Å². The number of benzene rings is 1. The summed E-state index contributed by atoms with van der Waals surface area (Å²) in [7, 11) is 0. The summed E-state index contributed by atoms with van der Waals surface area (Å²) in [6.07, 6.45) is 5.12. The Hall–Kier alpha value is -2.96. The number of imidazole rings is 1. The van der Waals surface area contributed by atoms with Gasteiger partial charge in [-0.25, -0.2) is 4.98 Å². The molecule has 0 radical (unpaired) electrons. The number of para-hydroxylation sites is 1. The van der Waals surface area contributed by atoms with E-state index < -0.39 is 0 Å². The molecule has 0 atom stereocenters. The summed E-state index contributed by atoms with van der Waals surface area (Å²) in [6, 6.07) is 9.76. The highest BCUT2D eigenvalue weighted by molar-refractivity contribution is 5.54. The quantitative estimate of drug-likeness (QED) is 0.746. The number of anilines is 3. The summed E-state index contributed by atoms with van der Waals surface area (Å²) in [5, 5.41) is 6.27. The minimum absolute atomic E-state index is 0.482. The standard InChI is InChI=1S/C14H15N7/c1-2-16-12-18-13(17-11-6-4-3-5-7-11)20-14(19-12)21-9-8-15-10-21/h3-10H,2H2,1H3,(H2,16,17,18,19,20). The topological polar surface area (TPSA) is 80.5 Å². The van der Waals surface area contributed by atoms with E-state index in [0.717, 1.165) is 12.2 Å². The smallest absolute Gasteiger partial charge is 0.241 e. The molecule has 2 aromatic heterocycles. The fourth-order valence-electron chi connectivity index (χ4n) is 1.80. The number of hydrogen-bond acceptors (Lipinski definition) is 6. The van der Waals surface area contributed by atoms with E-state index >= 15 is 0 Å². The van der Waals surface area contributed by atoms with E-state index in [-0.39, 0.29) is 0 Å². The Morgan fingerprint density at radius 2 is 1.86 bits per heavy atom. The number of rotatable bonds is 5. The lowest BCUT2D eigenvalue weighted by Crippen LogP contribution is -2.10. The zero-order valence-electron chi connectivity index (χ0n) is 11.6. The van der Waals surface area contributed by atoms with Crippen molar-refractivity contribution in [2.24, 2.45) is 0 Å². The zero-order valence-corrected chi connectivity index (χ0v) is 11.6. The average molecular weight is 281 g/mol. The second-order valence-electron chi connectivity index (χ2n) is 4.27. The number of nitrogens with one attached hydrogen (secondary N) is 2. The molecule has 7 nitrogen and oxygen atoms in total. The van der Waals surface area contributed by atoms with Gasteiger partial charge in [0, 0.05) is 24.6 Å². The molecule has 2 N–H and O–H groups in total. The largest absolute Gasteiger partial charge is 0.354 e. The normalized spacial score (nSPS) is 10.3. The third-order valence-electron chi connectivity index (χ3n) is 2.72. The second-order valence-corrected chi connectivity index (χ2v) is 4.27. The lowest BCUT2D eigenvalue weighted by molar-refractivity contribution is 0.896. The zero-order chi connectivity index (χ0) is 14.5. The minimum atomic E-state index is 0.482. The Morgan fingerprint density at radius 1 is 1.05 bits per heavy atom. The van der Waals surface area contributed by atoms with E-state index in [1.807, 2.05) is 37.3 Å². The maximum absolute atomic E-state index is 4.40.